The molecule has 0 saturated carbocycles. The van der Waals surface area contributed by atoms with E-state index in [1.807, 2.05) is 18.5 Å². The number of pyridine rings is 1. The minimum Gasteiger partial charge on any atom is -0.330 e. The summed E-state index contributed by atoms with van der Waals surface area (Å²) in [7, 11) is 0. The molecule has 0 fully saturated rings. The second-order valence-electron chi connectivity index (χ2n) is 4.59. The van der Waals surface area contributed by atoms with Crippen LogP contribution in [0.2, 0.25) is 0 Å². The fraction of sp³-hybridized carbons (Fsp3) is 0.571. The lowest BCUT2D eigenvalue weighted by atomic mass is 10.1. The first kappa shape index (κ1) is 13.0. The molecule has 4 nitrogen and oxygen atoms in total. The summed E-state index contributed by atoms with van der Waals surface area (Å²) in [6, 6.07) is 2.05. The maximum atomic E-state index is 5.50. The molecule has 18 heavy (non-hydrogen) atoms. The molecule has 2 aromatic heterocycles. The summed E-state index contributed by atoms with van der Waals surface area (Å²) in [5.74, 6) is 1.19. The minimum atomic E-state index is 0.805. The molecular formula is C14H22N4. The van der Waals surface area contributed by atoms with Gasteiger partial charge in [-0.2, -0.15) is 0 Å². The highest BCUT2D eigenvalue weighted by Crippen LogP contribution is 2.16. The number of nitrogens with two attached hydrogens (primary N) is 1. The number of imidazole rings is 1. The molecule has 2 rings (SSSR count). The predicted molar refractivity (Wildman–Crippen MR) is 74.4 cm³/mol. The van der Waals surface area contributed by atoms with Gasteiger partial charge in [0, 0.05) is 19.2 Å². The van der Waals surface area contributed by atoms with Crippen LogP contribution in [0.25, 0.3) is 11.0 Å². The van der Waals surface area contributed by atoms with E-state index in [9.17, 15) is 0 Å². The molecule has 0 bridgehead atoms. The van der Waals surface area contributed by atoms with Gasteiger partial charge in [0.15, 0.2) is 0 Å². The van der Waals surface area contributed by atoms with Crippen molar-refractivity contribution in [1.82, 2.24) is 14.5 Å². The Kier molecular flexibility index (Phi) is 4.70. The summed E-state index contributed by atoms with van der Waals surface area (Å²) in [6.45, 7) is 3.94. The lowest BCUT2D eigenvalue weighted by molar-refractivity contribution is 0.616. The molecule has 0 radical (unpaired) electrons. The van der Waals surface area contributed by atoms with Crippen molar-refractivity contribution >= 4 is 11.0 Å². The molecule has 0 aromatic carbocycles. The van der Waals surface area contributed by atoms with E-state index in [0.29, 0.717) is 0 Å². The Morgan fingerprint density at radius 1 is 1.22 bits per heavy atom. The number of hydrogen-bond donors (Lipinski definition) is 1. The van der Waals surface area contributed by atoms with Crippen LogP contribution >= 0.6 is 0 Å². The molecule has 0 amide bonds. The smallest absolute Gasteiger partial charge is 0.109 e. The Bertz CT molecular complexity index is 489. The van der Waals surface area contributed by atoms with Gasteiger partial charge in [-0.25, -0.2) is 4.98 Å². The Hall–Kier alpha value is -1.42. The second-order valence-corrected chi connectivity index (χ2v) is 4.59. The molecule has 0 atom stereocenters. The van der Waals surface area contributed by atoms with Crippen molar-refractivity contribution in [2.75, 3.05) is 6.54 Å². The average molecular weight is 246 g/mol. The van der Waals surface area contributed by atoms with Crippen molar-refractivity contribution in [1.29, 1.82) is 0 Å². The van der Waals surface area contributed by atoms with Gasteiger partial charge in [-0.1, -0.05) is 12.8 Å². The number of aryl methyl sites for hydroxylation is 2. The van der Waals surface area contributed by atoms with E-state index in [4.69, 9.17) is 5.73 Å². The minimum absolute atomic E-state index is 0.805. The number of fused-ring (bicyclic) bond motifs is 1. The molecule has 0 aliphatic rings. The van der Waals surface area contributed by atoms with Gasteiger partial charge in [0.05, 0.1) is 11.7 Å². The summed E-state index contributed by atoms with van der Waals surface area (Å²) in [6.07, 6.45) is 9.52. The van der Waals surface area contributed by atoms with Crippen LogP contribution in [0.4, 0.5) is 0 Å². The fourth-order valence-electron chi connectivity index (χ4n) is 2.36. The zero-order chi connectivity index (χ0) is 12.8. The quantitative estimate of drug-likeness (QED) is 0.764. The van der Waals surface area contributed by atoms with E-state index in [1.165, 1.54) is 30.6 Å². The maximum Gasteiger partial charge on any atom is 0.109 e. The number of nitrogens with zero attached hydrogens (tertiary/aromatic N) is 3. The Morgan fingerprint density at radius 2 is 2.06 bits per heavy atom. The molecular weight excluding hydrogens is 224 g/mol. The summed E-state index contributed by atoms with van der Waals surface area (Å²) in [4.78, 5) is 8.81. The molecule has 0 aliphatic carbocycles. The Morgan fingerprint density at radius 3 is 2.83 bits per heavy atom. The number of rotatable bonds is 7. The van der Waals surface area contributed by atoms with Gasteiger partial charge in [0.2, 0.25) is 0 Å². The molecule has 0 saturated heterocycles. The van der Waals surface area contributed by atoms with Gasteiger partial charge in [-0.05, 0) is 32.4 Å². The van der Waals surface area contributed by atoms with Crippen molar-refractivity contribution in [3.8, 4) is 0 Å². The van der Waals surface area contributed by atoms with Crippen molar-refractivity contribution in [2.24, 2.45) is 5.73 Å². The third-order valence-corrected chi connectivity index (χ3v) is 3.30. The fourth-order valence-corrected chi connectivity index (χ4v) is 2.36. The van der Waals surface area contributed by atoms with E-state index in [0.717, 1.165) is 31.4 Å². The van der Waals surface area contributed by atoms with Gasteiger partial charge < -0.3 is 10.3 Å². The van der Waals surface area contributed by atoms with Crippen molar-refractivity contribution in [3.05, 3.63) is 24.3 Å². The molecule has 2 aromatic rings. The van der Waals surface area contributed by atoms with Gasteiger partial charge in [-0.15, -0.1) is 0 Å². The summed E-state index contributed by atoms with van der Waals surface area (Å²) in [5.41, 5.74) is 7.70. The van der Waals surface area contributed by atoms with Gasteiger partial charge >= 0.3 is 0 Å². The molecule has 0 aliphatic heterocycles. The Labute approximate surface area is 108 Å². The monoisotopic (exact) mass is 246 g/mol. The van der Waals surface area contributed by atoms with E-state index in [2.05, 4.69) is 21.5 Å². The van der Waals surface area contributed by atoms with Crippen LogP contribution in [0.15, 0.2) is 18.5 Å². The molecule has 2 heterocycles. The van der Waals surface area contributed by atoms with Crippen LogP contribution in [0.5, 0.6) is 0 Å². The third-order valence-electron chi connectivity index (χ3n) is 3.30. The van der Waals surface area contributed by atoms with E-state index >= 15 is 0 Å². The normalized spacial score (nSPS) is 11.2. The van der Waals surface area contributed by atoms with Crippen molar-refractivity contribution in [3.63, 3.8) is 0 Å². The number of aromatic nitrogens is 3. The van der Waals surface area contributed by atoms with Crippen LogP contribution < -0.4 is 5.73 Å². The molecule has 98 valence electrons. The predicted octanol–water partition coefficient (Wildman–Crippen LogP) is 2.51. The molecule has 0 spiro atoms. The van der Waals surface area contributed by atoms with Crippen LogP contribution in [0, 0.1) is 0 Å². The first-order valence-corrected chi connectivity index (χ1v) is 6.86. The largest absolute Gasteiger partial charge is 0.330 e. The van der Waals surface area contributed by atoms with Crippen molar-refractivity contribution in [2.45, 2.75) is 45.6 Å². The van der Waals surface area contributed by atoms with Gasteiger partial charge in [0.25, 0.3) is 0 Å². The topological polar surface area (TPSA) is 56.7 Å². The Balaban J connectivity index is 2.03. The first-order valence-electron chi connectivity index (χ1n) is 6.86. The van der Waals surface area contributed by atoms with Crippen molar-refractivity contribution < 1.29 is 0 Å². The summed E-state index contributed by atoms with van der Waals surface area (Å²) >= 11 is 0. The zero-order valence-corrected chi connectivity index (χ0v) is 11.1. The standard InChI is InChI=1S/C14H22N4/c1-2-18-13-8-10-16-11-12(13)17-14(18)7-5-3-4-6-9-15/h8,10-11H,2-7,9,15H2,1H3. The van der Waals surface area contributed by atoms with E-state index in [1.54, 1.807) is 0 Å². The van der Waals surface area contributed by atoms with Crippen LogP contribution in [0.1, 0.15) is 38.4 Å². The highest BCUT2D eigenvalue weighted by Gasteiger charge is 2.08. The molecule has 2 N–H and O–H groups in total. The van der Waals surface area contributed by atoms with Crippen LogP contribution in [-0.4, -0.2) is 21.1 Å². The highest BCUT2D eigenvalue weighted by atomic mass is 15.1. The second kappa shape index (κ2) is 6.50. The van der Waals surface area contributed by atoms with E-state index < -0.39 is 0 Å². The number of hydrogen-bond acceptors (Lipinski definition) is 3. The van der Waals surface area contributed by atoms with E-state index in [-0.39, 0.29) is 0 Å². The lowest BCUT2D eigenvalue weighted by Crippen LogP contribution is -2.02. The van der Waals surface area contributed by atoms with Gasteiger partial charge in [-0.3, -0.25) is 4.98 Å². The maximum absolute atomic E-state index is 5.50. The van der Waals surface area contributed by atoms with Crippen LogP contribution in [-0.2, 0) is 13.0 Å². The summed E-state index contributed by atoms with van der Waals surface area (Å²) in [5, 5.41) is 0. The molecule has 0 unspecified atom stereocenters. The van der Waals surface area contributed by atoms with Crippen LogP contribution in [0.3, 0.4) is 0 Å². The average Bonchev–Trinajstić information content (AvgIpc) is 2.76. The van der Waals surface area contributed by atoms with Gasteiger partial charge in [0.1, 0.15) is 11.3 Å². The number of unbranched alkanes of at least 4 members (excludes halogenated alkanes) is 3. The summed E-state index contributed by atoms with van der Waals surface area (Å²) < 4.78 is 2.29. The molecule has 4 heteroatoms. The third kappa shape index (κ3) is 2.88. The SMILES string of the molecule is CCn1c(CCCCCCN)nc2cnccc21. The highest BCUT2D eigenvalue weighted by molar-refractivity contribution is 5.74. The first-order chi connectivity index (χ1) is 8.86. The lowest BCUT2D eigenvalue weighted by Gasteiger charge is -2.05. The zero-order valence-electron chi connectivity index (χ0n) is 11.1.